The maximum atomic E-state index is 12.6. The van der Waals surface area contributed by atoms with Gasteiger partial charge in [0.1, 0.15) is 5.02 Å². The zero-order chi connectivity index (χ0) is 16.8. The largest absolute Gasteiger partial charge is 0.381 e. The van der Waals surface area contributed by atoms with Crippen molar-refractivity contribution in [1.82, 2.24) is 4.90 Å². The van der Waals surface area contributed by atoms with Crippen LogP contribution in [-0.4, -0.2) is 42.0 Å². The molecule has 2 rings (SSSR count). The highest BCUT2D eigenvalue weighted by Gasteiger charge is 2.24. The van der Waals surface area contributed by atoms with Gasteiger partial charge in [-0.05, 0) is 18.6 Å². The van der Waals surface area contributed by atoms with Crippen LogP contribution < -0.4 is 0 Å². The first-order chi connectivity index (χ1) is 11.0. The molecular weight excluding hydrogens is 322 g/mol. The van der Waals surface area contributed by atoms with E-state index in [9.17, 15) is 14.9 Å². The van der Waals surface area contributed by atoms with Crippen LogP contribution in [0.3, 0.4) is 0 Å². The Morgan fingerprint density at radius 2 is 2.35 bits per heavy atom. The summed E-state index contributed by atoms with van der Waals surface area (Å²) in [4.78, 5) is 24.4. The van der Waals surface area contributed by atoms with Gasteiger partial charge in [-0.1, -0.05) is 11.6 Å². The van der Waals surface area contributed by atoms with Gasteiger partial charge in [-0.3, -0.25) is 14.9 Å². The fraction of sp³-hybridized carbons (Fsp3) is 0.467. The van der Waals surface area contributed by atoms with Gasteiger partial charge in [-0.15, -0.1) is 0 Å². The minimum absolute atomic E-state index is 0.0784. The summed E-state index contributed by atoms with van der Waals surface area (Å²) >= 11 is 5.86. The Balaban J connectivity index is 2.16. The lowest BCUT2D eigenvalue weighted by Crippen LogP contribution is -2.36. The molecule has 0 bridgehead atoms. The van der Waals surface area contributed by atoms with Crippen LogP contribution in [0.5, 0.6) is 0 Å². The maximum Gasteiger partial charge on any atom is 0.287 e. The van der Waals surface area contributed by atoms with Crippen molar-refractivity contribution in [2.24, 2.45) is 5.92 Å². The molecule has 122 valence electrons. The van der Waals surface area contributed by atoms with Crippen molar-refractivity contribution < 1.29 is 14.5 Å². The number of amides is 1. The smallest absolute Gasteiger partial charge is 0.287 e. The van der Waals surface area contributed by atoms with Crippen LogP contribution in [0.15, 0.2) is 18.2 Å². The molecule has 1 amide bonds. The van der Waals surface area contributed by atoms with Crippen molar-refractivity contribution in [3.05, 3.63) is 38.9 Å². The quantitative estimate of drug-likeness (QED) is 0.587. The monoisotopic (exact) mass is 337 g/mol. The van der Waals surface area contributed by atoms with E-state index in [-0.39, 0.29) is 34.5 Å². The summed E-state index contributed by atoms with van der Waals surface area (Å²) in [6.45, 7) is 2.07. The van der Waals surface area contributed by atoms with Gasteiger partial charge in [-0.2, -0.15) is 5.26 Å². The summed E-state index contributed by atoms with van der Waals surface area (Å²) in [6.07, 6.45) is 1.09. The lowest BCUT2D eigenvalue weighted by molar-refractivity contribution is -0.384. The Labute approximate surface area is 138 Å². The van der Waals surface area contributed by atoms with E-state index in [1.807, 2.05) is 6.07 Å². The predicted octanol–water partition coefficient (Wildman–Crippen LogP) is 2.64. The van der Waals surface area contributed by atoms with E-state index >= 15 is 0 Å². The molecule has 0 spiro atoms. The van der Waals surface area contributed by atoms with Crippen molar-refractivity contribution in [1.29, 1.82) is 5.26 Å². The summed E-state index contributed by atoms with van der Waals surface area (Å²) in [5.41, 5.74) is 0.0356. The topological polar surface area (TPSA) is 96.5 Å². The zero-order valence-corrected chi connectivity index (χ0v) is 13.2. The number of nitro benzene ring substituents is 1. The van der Waals surface area contributed by atoms with E-state index < -0.39 is 4.92 Å². The van der Waals surface area contributed by atoms with Gasteiger partial charge >= 0.3 is 0 Å². The van der Waals surface area contributed by atoms with Crippen LogP contribution in [0.1, 0.15) is 23.2 Å². The van der Waals surface area contributed by atoms with E-state index in [2.05, 4.69) is 0 Å². The number of carbonyl (C=O) groups is 1. The fourth-order valence-electron chi connectivity index (χ4n) is 2.47. The van der Waals surface area contributed by atoms with Crippen molar-refractivity contribution in [2.75, 3.05) is 26.3 Å². The first-order valence-corrected chi connectivity index (χ1v) is 7.58. The number of hydrogen-bond donors (Lipinski definition) is 0. The minimum Gasteiger partial charge on any atom is -0.381 e. The Hall–Kier alpha value is -2.17. The predicted molar refractivity (Wildman–Crippen MR) is 83.2 cm³/mol. The normalized spacial score (nSPS) is 16.8. The number of nitriles is 1. The third-order valence-electron chi connectivity index (χ3n) is 3.67. The first kappa shape index (κ1) is 17.2. The molecule has 1 aliphatic heterocycles. The van der Waals surface area contributed by atoms with Crippen LogP contribution in [-0.2, 0) is 4.74 Å². The molecule has 23 heavy (non-hydrogen) atoms. The molecule has 1 saturated heterocycles. The Morgan fingerprint density at radius 3 is 2.91 bits per heavy atom. The summed E-state index contributed by atoms with van der Waals surface area (Å²) in [5.74, 6) is -0.0462. The van der Waals surface area contributed by atoms with Gasteiger partial charge < -0.3 is 9.64 Å². The lowest BCUT2D eigenvalue weighted by Gasteiger charge is -2.24. The number of benzene rings is 1. The number of ether oxygens (including phenoxy) is 1. The molecule has 1 aromatic rings. The maximum absolute atomic E-state index is 12.6. The van der Waals surface area contributed by atoms with Gasteiger partial charge in [0.2, 0.25) is 0 Å². The molecule has 0 aliphatic carbocycles. The van der Waals surface area contributed by atoms with E-state index in [1.54, 1.807) is 4.90 Å². The fourth-order valence-corrected chi connectivity index (χ4v) is 2.72. The molecule has 1 heterocycles. The van der Waals surface area contributed by atoms with Crippen molar-refractivity contribution in [3.63, 3.8) is 0 Å². The average Bonchev–Trinajstić information content (AvgIpc) is 3.03. The standard InChI is InChI=1S/C15H16ClN3O4/c16-13-8-12(2-3-14(13)19(21)22)15(20)18(6-1-5-17)9-11-4-7-23-10-11/h2-3,8,11H,1,4,6-7,9-10H2. The molecule has 1 fully saturated rings. The zero-order valence-electron chi connectivity index (χ0n) is 12.4. The van der Waals surface area contributed by atoms with Gasteiger partial charge in [0.05, 0.1) is 24.0 Å². The number of nitro groups is 1. The van der Waals surface area contributed by atoms with Crippen LogP contribution >= 0.6 is 11.6 Å². The first-order valence-electron chi connectivity index (χ1n) is 7.21. The van der Waals surface area contributed by atoms with Crippen molar-refractivity contribution in [2.45, 2.75) is 12.8 Å². The molecule has 7 nitrogen and oxygen atoms in total. The Bertz CT molecular complexity index is 638. The molecule has 1 unspecified atom stereocenters. The highest BCUT2D eigenvalue weighted by atomic mass is 35.5. The lowest BCUT2D eigenvalue weighted by atomic mass is 10.1. The molecule has 8 heteroatoms. The Kier molecular flexibility index (Phi) is 5.90. The number of nitrogens with zero attached hydrogens (tertiary/aromatic N) is 3. The molecule has 0 aromatic heterocycles. The SMILES string of the molecule is N#CCCN(CC1CCOC1)C(=O)c1ccc([N+](=O)[O-])c(Cl)c1. The van der Waals surface area contributed by atoms with E-state index in [0.717, 1.165) is 6.42 Å². The number of hydrogen-bond acceptors (Lipinski definition) is 5. The van der Waals surface area contributed by atoms with E-state index in [0.29, 0.717) is 26.3 Å². The van der Waals surface area contributed by atoms with Gasteiger partial charge in [0.25, 0.3) is 11.6 Å². The van der Waals surface area contributed by atoms with Crippen LogP contribution in [0.2, 0.25) is 5.02 Å². The second-order valence-corrected chi connectivity index (χ2v) is 5.72. The van der Waals surface area contributed by atoms with E-state index in [1.165, 1.54) is 18.2 Å². The Morgan fingerprint density at radius 1 is 1.57 bits per heavy atom. The second-order valence-electron chi connectivity index (χ2n) is 5.31. The molecule has 0 saturated carbocycles. The minimum atomic E-state index is -0.597. The summed E-state index contributed by atoms with van der Waals surface area (Å²) in [5, 5.41) is 19.5. The molecular formula is C15H16ClN3O4. The summed E-state index contributed by atoms with van der Waals surface area (Å²) < 4.78 is 5.31. The second kappa shape index (κ2) is 7.90. The molecule has 1 atom stereocenters. The third kappa shape index (κ3) is 4.41. The van der Waals surface area contributed by atoms with Crippen molar-refractivity contribution in [3.8, 4) is 6.07 Å². The van der Waals surface area contributed by atoms with Crippen molar-refractivity contribution >= 4 is 23.2 Å². The van der Waals surface area contributed by atoms with Gasteiger partial charge in [0.15, 0.2) is 0 Å². The van der Waals surface area contributed by atoms with Crippen LogP contribution in [0.4, 0.5) is 5.69 Å². The molecule has 0 radical (unpaired) electrons. The van der Waals surface area contributed by atoms with E-state index in [4.69, 9.17) is 21.6 Å². The summed E-state index contributed by atoms with van der Waals surface area (Å²) in [7, 11) is 0. The highest BCUT2D eigenvalue weighted by molar-refractivity contribution is 6.33. The summed E-state index contributed by atoms with van der Waals surface area (Å²) in [6, 6.07) is 5.93. The average molecular weight is 338 g/mol. The number of rotatable bonds is 6. The number of carbonyl (C=O) groups excluding carboxylic acids is 1. The molecule has 0 N–H and O–H groups in total. The number of halogens is 1. The molecule has 1 aromatic carbocycles. The van der Waals surface area contributed by atoms with Crippen LogP contribution in [0.25, 0.3) is 0 Å². The highest BCUT2D eigenvalue weighted by Crippen LogP contribution is 2.26. The van der Waals surface area contributed by atoms with Gasteiger partial charge in [0, 0.05) is 37.2 Å². The molecule has 1 aliphatic rings. The third-order valence-corrected chi connectivity index (χ3v) is 3.98. The van der Waals surface area contributed by atoms with Gasteiger partial charge in [-0.25, -0.2) is 0 Å². The van der Waals surface area contributed by atoms with Crippen LogP contribution in [0, 0.1) is 27.4 Å².